The van der Waals surface area contributed by atoms with Crippen LogP contribution in [0.5, 0.6) is 5.75 Å². The largest absolute Gasteiger partial charge is 0.496 e. The van der Waals surface area contributed by atoms with Crippen molar-refractivity contribution in [2.45, 2.75) is 43.7 Å². The lowest BCUT2D eigenvalue weighted by atomic mass is 9.83. The van der Waals surface area contributed by atoms with Crippen molar-refractivity contribution in [3.63, 3.8) is 0 Å². The monoisotopic (exact) mass is 449 g/mol. The fourth-order valence-electron chi connectivity index (χ4n) is 3.81. The van der Waals surface area contributed by atoms with E-state index < -0.39 is 6.10 Å². The van der Waals surface area contributed by atoms with Gasteiger partial charge < -0.3 is 15.6 Å². The molecule has 0 amide bonds. The van der Waals surface area contributed by atoms with Gasteiger partial charge in [-0.15, -0.1) is 17.5 Å². The molecule has 0 bridgehead atoms. The van der Waals surface area contributed by atoms with Crippen molar-refractivity contribution in [3.8, 4) is 11.6 Å². The number of hydrogen-bond acceptors (Lipinski definition) is 6. The lowest BCUT2D eigenvalue weighted by Crippen LogP contribution is -2.40. The van der Waals surface area contributed by atoms with Crippen LogP contribution in [0.25, 0.3) is 5.82 Å². The summed E-state index contributed by atoms with van der Waals surface area (Å²) in [6, 6.07) is 11.2. The molecule has 4 rings (SSSR count). The van der Waals surface area contributed by atoms with Gasteiger partial charge in [-0.1, -0.05) is 29.8 Å². The van der Waals surface area contributed by atoms with Crippen molar-refractivity contribution in [1.29, 1.82) is 0 Å². The smallest absolute Gasteiger partial charge is 0.155 e. The molecule has 1 aliphatic carbocycles. The third-order valence-electron chi connectivity index (χ3n) is 5.37. The topological polar surface area (TPSA) is 99.1 Å². The van der Waals surface area contributed by atoms with Crippen LogP contribution >= 0.6 is 24.0 Å². The maximum atomic E-state index is 10.0. The summed E-state index contributed by atoms with van der Waals surface area (Å²) >= 11 is 6.00. The molecular weight excluding hydrogens is 425 g/mol. The van der Waals surface area contributed by atoms with Crippen LogP contribution in [0, 0.1) is 0 Å². The molecule has 1 aromatic carbocycles. The zero-order chi connectivity index (χ0) is 20.4. The van der Waals surface area contributed by atoms with Gasteiger partial charge in [0.2, 0.25) is 0 Å². The van der Waals surface area contributed by atoms with E-state index in [1.54, 1.807) is 24.1 Å². The molecule has 2 aromatic heterocycles. The number of benzene rings is 1. The van der Waals surface area contributed by atoms with E-state index in [1.807, 2.05) is 30.3 Å². The van der Waals surface area contributed by atoms with E-state index in [9.17, 15) is 5.11 Å². The first-order valence-corrected chi connectivity index (χ1v) is 10.1. The van der Waals surface area contributed by atoms with Crippen LogP contribution in [-0.2, 0) is 6.42 Å². The first-order valence-electron chi connectivity index (χ1n) is 9.68. The molecule has 9 heteroatoms. The average molecular weight is 450 g/mol. The second-order valence-electron chi connectivity index (χ2n) is 7.36. The number of ether oxygens (including phenoxy) is 1. The maximum Gasteiger partial charge on any atom is 0.155 e. The van der Waals surface area contributed by atoms with Gasteiger partial charge in [-0.2, -0.15) is 4.68 Å². The minimum atomic E-state index is -0.468. The van der Waals surface area contributed by atoms with Gasteiger partial charge in [-0.05, 0) is 37.5 Å². The first kappa shape index (κ1) is 22.5. The Balaban J connectivity index is 0.00000256. The Labute approximate surface area is 186 Å². The highest BCUT2D eigenvalue weighted by Crippen LogP contribution is 2.33. The molecule has 0 spiro atoms. The van der Waals surface area contributed by atoms with Crippen LogP contribution in [-0.4, -0.2) is 44.1 Å². The van der Waals surface area contributed by atoms with Crippen molar-refractivity contribution in [3.05, 3.63) is 64.8 Å². The van der Waals surface area contributed by atoms with Crippen LogP contribution < -0.4 is 10.5 Å². The molecule has 0 aliphatic heterocycles. The summed E-state index contributed by atoms with van der Waals surface area (Å²) in [5.41, 5.74) is 7.14. The minimum absolute atomic E-state index is 0. The summed E-state index contributed by atoms with van der Waals surface area (Å²) in [4.78, 5) is 9.26. The van der Waals surface area contributed by atoms with E-state index in [2.05, 4.69) is 4.98 Å². The highest BCUT2D eigenvalue weighted by Gasteiger charge is 2.31. The fourth-order valence-corrected chi connectivity index (χ4v) is 3.92. The number of aromatic nitrogens is 4. The van der Waals surface area contributed by atoms with Crippen LogP contribution in [0.4, 0.5) is 0 Å². The average Bonchev–Trinajstić information content (AvgIpc) is 3.15. The maximum absolute atomic E-state index is 10.0. The Morgan fingerprint density at radius 2 is 2.03 bits per heavy atom. The van der Waals surface area contributed by atoms with Crippen LogP contribution in [0.1, 0.15) is 42.4 Å². The summed E-state index contributed by atoms with van der Waals surface area (Å²) < 4.78 is 7.23. The SMILES string of the molecule is COc1ccccc1Cc1nc([C@H]2CC[C@@H](O)[C@H](N)C2)n(-c2ccc(Cl)cn2)n1.Cl. The number of aliphatic hydroxyl groups excluding tert-OH is 1. The number of pyridine rings is 1. The Morgan fingerprint density at radius 3 is 2.73 bits per heavy atom. The lowest BCUT2D eigenvalue weighted by Gasteiger charge is -2.30. The van der Waals surface area contributed by atoms with E-state index in [0.717, 1.165) is 23.6 Å². The predicted octanol–water partition coefficient (Wildman–Crippen LogP) is 3.29. The van der Waals surface area contributed by atoms with Crippen LogP contribution in [0.3, 0.4) is 0 Å². The van der Waals surface area contributed by atoms with Crippen LogP contribution in [0.2, 0.25) is 5.02 Å². The lowest BCUT2D eigenvalue weighted by molar-refractivity contribution is 0.0989. The summed E-state index contributed by atoms with van der Waals surface area (Å²) in [6.45, 7) is 0. The Morgan fingerprint density at radius 1 is 1.23 bits per heavy atom. The summed E-state index contributed by atoms with van der Waals surface area (Å²) in [5, 5.41) is 15.3. The van der Waals surface area contributed by atoms with Crippen molar-refractivity contribution >= 4 is 24.0 Å². The highest BCUT2D eigenvalue weighted by atomic mass is 35.5. The van der Waals surface area contributed by atoms with E-state index in [1.165, 1.54) is 0 Å². The molecule has 3 atom stereocenters. The number of methoxy groups -OCH3 is 1. The van der Waals surface area contributed by atoms with E-state index in [-0.39, 0.29) is 24.4 Å². The molecule has 1 aliphatic rings. The van der Waals surface area contributed by atoms with Crippen molar-refractivity contribution in [2.75, 3.05) is 7.11 Å². The fraction of sp³-hybridized carbons (Fsp3) is 0.381. The number of nitrogens with zero attached hydrogens (tertiary/aromatic N) is 4. The molecule has 3 N–H and O–H groups in total. The molecule has 1 fully saturated rings. The Bertz CT molecular complexity index is 980. The van der Waals surface area contributed by atoms with Gasteiger partial charge in [-0.3, -0.25) is 0 Å². The standard InChI is InChI=1S/C21H24ClN5O2.ClH/c1-29-18-5-3-2-4-13(18)11-19-25-21(14-6-8-17(28)16(23)10-14)27(26-19)20-9-7-15(22)12-24-20;/h2-5,7,9,12,14,16-17,28H,6,8,10-11,23H2,1H3;1H/t14-,16+,17+;/m0./s1. The molecule has 0 unspecified atom stereocenters. The quantitative estimate of drug-likeness (QED) is 0.619. The van der Waals surface area contributed by atoms with E-state index in [0.29, 0.717) is 35.9 Å². The van der Waals surface area contributed by atoms with Crippen molar-refractivity contribution in [1.82, 2.24) is 19.7 Å². The summed E-state index contributed by atoms with van der Waals surface area (Å²) in [7, 11) is 1.66. The Kier molecular flexibility index (Phi) is 7.31. The minimum Gasteiger partial charge on any atom is -0.496 e. The Hall–Kier alpha value is -2.19. The number of aliphatic hydroxyl groups is 1. The van der Waals surface area contributed by atoms with Gasteiger partial charge in [0.1, 0.15) is 11.6 Å². The molecule has 2 heterocycles. The van der Waals surface area contributed by atoms with Crippen LogP contribution in [0.15, 0.2) is 42.6 Å². The number of hydrogen-bond donors (Lipinski definition) is 2. The third-order valence-corrected chi connectivity index (χ3v) is 5.60. The number of halogens is 2. The van der Waals surface area contributed by atoms with Gasteiger partial charge in [0, 0.05) is 30.1 Å². The van der Waals surface area contributed by atoms with Gasteiger partial charge in [0.25, 0.3) is 0 Å². The highest BCUT2D eigenvalue weighted by molar-refractivity contribution is 6.30. The van der Waals surface area contributed by atoms with Gasteiger partial charge >= 0.3 is 0 Å². The molecule has 1 saturated carbocycles. The molecule has 3 aromatic rings. The zero-order valence-corrected chi connectivity index (χ0v) is 18.2. The number of nitrogens with two attached hydrogens (primary N) is 1. The first-order chi connectivity index (χ1) is 14.0. The second-order valence-corrected chi connectivity index (χ2v) is 7.80. The second kappa shape index (κ2) is 9.75. The molecule has 0 radical (unpaired) electrons. The molecule has 0 saturated heterocycles. The molecule has 7 nitrogen and oxygen atoms in total. The van der Waals surface area contributed by atoms with E-state index in [4.69, 9.17) is 32.2 Å². The molecule has 160 valence electrons. The van der Waals surface area contributed by atoms with Gasteiger partial charge in [-0.25, -0.2) is 9.97 Å². The van der Waals surface area contributed by atoms with Gasteiger partial charge in [0.15, 0.2) is 11.6 Å². The zero-order valence-electron chi connectivity index (χ0n) is 16.6. The van der Waals surface area contributed by atoms with E-state index >= 15 is 0 Å². The third kappa shape index (κ3) is 4.75. The summed E-state index contributed by atoms with van der Waals surface area (Å²) in [5.74, 6) is 3.05. The number of para-hydroxylation sites is 1. The predicted molar refractivity (Wildman–Crippen MR) is 118 cm³/mol. The van der Waals surface area contributed by atoms with Gasteiger partial charge in [0.05, 0.1) is 18.2 Å². The number of rotatable bonds is 5. The van der Waals surface area contributed by atoms with Crippen molar-refractivity contribution < 1.29 is 9.84 Å². The molecular formula is C21H25Cl2N5O2. The molecule has 30 heavy (non-hydrogen) atoms. The summed E-state index contributed by atoms with van der Waals surface area (Å²) in [6.07, 6.45) is 3.77. The normalized spacial score (nSPS) is 21.1. The van der Waals surface area contributed by atoms with Crippen molar-refractivity contribution in [2.24, 2.45) is 5.73 Å².